The molecule has 2 amide bonds. The third-order valence-electron chi connectivity index (χ3n) is 8.08. The number of halogens is 1. The van der Waals surface area contributed by atoms with Gasteiger partial charge in [0.1, 0.15) is 17.6 Å². The molecular formula is C33H38FN5O4. The maximum Gasteiger partial charge on any atom is 0.327 e. The molecule has 0 radical (unpaired) electrons. The van der Waals surface area contributed by atoms with Crippen molar-refractivity contribution >= 4 is 17.8 Å². The summed E-state index contributed by atoms with van der Waals surface area (Å²) in [5.41, 5.74) is 2.64. The van der Waals surface area contributed by atoms with E-state index in [1.54, 1.807) is 36.1 Å². The molecule has 1 unspecified atom stereocenters. The number of carbonyl (C=O) groups is 3. The van der Waals surface area contributed by atoms with E-state index in [-0.39, 0.29) is 35.3 Å². The van der Waals surface area contributed by atoms with Crippen molar-refractivity contribution in [1.82, 2.24) is 25.0 Å². The molecule has 2 saturated heterocycles. The van der Waals surface area contributed by atoms with Gasteiger partial charge in [-0.25, -0.2) is 9.18 Å². The number of aromatic nitrogens is 1. The van der Waals surface area contributed by atoms with E-state index in [0.29, 0.717) is 57.7 Å². The van der Waals surface area contributed by atoms with E-state index in [9.17, 15) is 18.8 Å². The van der Waals surface area contributed by atoms with Gasteiger partial charge < -0.3 is 15.0 Å². The van der Waals surface area contributed by atoms with Crippen LogP contribution in [0.15, 0.2) is 72.9 Å². The number of hydrogen-bond acceptors (Lipinski definition) is 7. The molecule has 1 N–H and O–H groups in total. The number of piperazine rings is 1. The fourth-order valence-corrected chi connectivity index (χ4v) is 5.71. The van der Waals surface area contributed by atoms with Gasteiger partial charge in [0.25, 0.3) is 11.8 Å². The zero-order valence-electron chi connectivity index (χ0n) is 24.5. The molecule has 3 aromatic rings. The first kappa shape index (κ1) is 30.3. The smallest absolute Gasteiger partial charge is 0.327 e. The molecule has 1 atom stereocenters. The second-order valence-corrected chi connectivity index (χ2v) is 11.0. The van der Waals surface area contributed by atoms with Crippen molar-refractivity contribution in [1.29, 1.82) is 0 Å². The first-order valence-corrected chi connectivity index (χ1v) is 14.9. The molecule has 2 aliphatic rings. The standard InChI is InChI=1S/C33H38FN5O4/c1-2-43-33(42)30(25-6-4-3-5-7-25)38-16-14-28(15-17-38)36-31(40)29-13-10-26(22-35-29)32(41)39-20-18-37(19-21-39)23-24-8-11-27(34)12-9-24/h3-13,22,28,30H,2,14-21,23H2,1H3,(H,36,40). The van der Waals surface area contributed by atoms with Crippen molar-refractivity contribution in [2.24, 2.45) is 0 Å². The molecule has 5 rings (SSSR count). The van der Waals surface area contributed by atoms with Gasteiger partial charge in [-0.05, 0) is 55.2 Å². The van der Waals surface area contributed by atoms with Crippen molar-refractivity contribution < 1.29 is 23.5 Å². The highest BCUT2D eigenvalue weighted by Gasteiger charge is 2.32. The summed E-state index contributed by atoms with van der Waals surface area (Å²) in [5.74, 6) is -0.900. The Kier molecular flexibility index (Phi) is 10.1. The van der Waals surface area contributed by atoms with Gasteiger partial charge in [0.2, 0.25) is 0 Å². The maximum atomic E-state index is 13.2. The van der Waals surface area contributed by atoms with Crippen molar-refractivity contribution in [3.63, 3.8) is 0 Å². The van der Waals surface area contributed by atoms with Gasteiger partial charge in [-0.1, -0.05) is 42.5 Å². The van der Waals surface area contributed by atoms with E-state index in [0.717, 1.165) is 24.2 Å². The summed E-state index contributed by atoms with van der Waals surface area (Å²) in [5, 5.41) is 3.06. The van der Waals surface area contributed by atoms with Crippen LogP contribution in [0.1, 0.15) is 57.8 Å². The molecule has 2 fully saturated rings. The lowest BCUT2D eigenvalue weighted by atomic mass is 9.99. The zero-order chi connectivity index (χ0) is 30.2. The summed E-state index contributed by atoms with van der Waals surface area (Å²) >= 11 is 0. The Labute approximate surface area is 251 Å². The summed E-state index contributed by atoms with van der Waals surface area (Å²) in [6, 6.07) is 18.8. The molecule has 1 aromatic heterocycles. The zero-order valence-corrected chi connectivity index (χ0v) is 24.5. The number of pyridine rings is 1. The van der Waals surface area contributed by atoms with E-state index in [1.165, 1.54) is 18.3 Å². The Morgan fingerprint density at radius 1 is 0.930 bits per heavy atom. The second kappa shape index (κ2) is 14.3. The van der Waals surface area contributed by atoms with E-state index < -0.39 is 6.04 Å². The summed E-state index contributed by atoms with van der Waals surface area (Å²) in [4.78, 5) is 49.2. The van der Waals surface area contributed by atoms with Gasteiger partial charge in [0.15, 0.2) is 0 Å². The Morgan fingerprint density at radius 3 is 2.26 bits per heavy atom. The van der Waals surface area contributed by atoms with Crippen LogP contribution in [-0.4, -0.2) is 89.4 Å². The van der Waals surface area contributed by atoms with E-state index in [4.69, 9.17) is 4.74 Å². The minimum absolute atomic E-state index is 0.0447. The van der Waals surface area contributed by atoms with Gasteiger partial charge >= 0.3 is 5.97 Å². The number of esters is 1. The number of nitrogens with zero attached hydrogens (tertiary/aromatic N) is 4. The van der Waals surface area contributed by atoms with Crippen LogP contribution in [0.25, 0.3) is 0 Å². The molecule has 226 valence electrons. The SMILES string of the molecule is CCOC(=O)C(c1ccccc1)N1CCC(NC(=O)c2ccc(C(=O)N3CCN(Cc4ccc(F)cc4)CC3)cn2)CC1. The van der Waals surface area contributed by atoms with Crippen LogP contribution in [0.2, 0.25) is 0 Å². The summed E-state index contributed by atoms with van der Waals surface area (Å²) < 4.78 is 18.5. The van der Waals surface area contributed by atoms with Gasteiger partial charge in [-0.3, -0.25) is 24.4 Å². The first-order chi connectivity index (χ1) is 20.9. The molecule has 3 heterocycles. The third-order valence-corrected chi connectivity index (χ3v) is 8.08. The van der Waals surface area contributed by atoms with Crippen molar-refractivity contribution in [2.45, 2.75) is 38.4 Å². The number of carbonyl (C=O) groups excluding carboxylic acids is 3. The lowest BCUT2D eigenvalue weighted by Gasteiger charge is -2.36. The van der Waals surface area contributed by atoms with Gasteiger partial charge in [0.05, 0.1) is 12.2 Å². The van der Waals surface area contributed by atoms with Gasteiger partial charge in [-0.15, -0.1) is 0 Å². The predicted octanol–water partition coefficient (Wildman–Crippen LogP) is 3.68. The summed E-state index contributed by atoms with van der Waals surface area (Å²) in [6.45, 7) is 6.74. The van der Waals surface area contributed by atoms with Gasteiger partial charge in [0, 0.05) is 58.1 Å². The van der Waals surface area contributed by atoms with Crippen LogP contribution >= 0.6 is 0 Å². The number of ether oxygens (including phenoxy) is 1. The topological polar surface area (TPSA) is 95.1 Å². The monoisotopic (exact) mass is 587 g/mol. The number of rotatable bonds is 9. The minimum Gasteiger partial charge on any atom is -0.465 e. The highest BCUT2D eigenvalue weighted by molar-refractivity contribution is 5.96. The van der Waals surface area contributed by atoms with Crippen LogP contribution in [0.3, 0.4) is 0 Å². The molecule has 2 aliphatic heterocycles. The predicted molar refractivity (Wildman–Crippen MR) is 160 cm³/mol. The number of benzene rings is 2. The first-order valence-electron chi connectivity index (χ1n) is 14.9. The Hall–Kier alpha value is -4.15. The normalized spacial score (nSPS) is 17.3. The lowest BCUT2D eigenvalue weighted by molar-refractivity contribution is -0.150. The molecule has 2 aromatic carbocycles. The lowest BCUT2D eigenvalue weighted by Crippen LogP contribution is -2.48. The highest BCUT2D eigenvalue weighted by atomic mass is 19.1. The number of amides is 2. The molecular weight excluding hydrogens is 549 g/mol. The van der Waals surface area contributed by atoms with E-state index >= 15 is 0 Å². The summed E-state index contributed by atoms with van der Waals surface area (Å²) in [7, 11) is 0. The fraction of sp³-hybridized carbons (Fsp3) is 0.394. The van der Waals surface area contributed by atoms with Crippen LogP contribution in [0.4, 0.5) is 4.39 Å². The van der Waals surface area contributed by atoms with E-state index in [2.05, 4.69) is 20.1 Å². The quantitative estimate of drug-likeness (QED) is 0.382. The van der Waals surface area contributed by atoms with Crippen molar-refractivity contribution in [3.8, 4) is 0 Å². The second-order valence-electron chi connectivity index (χ2n) is 11.0. The number of hydrogen-bond donors (Lipinski definition) is 1. The third kappa shape index (κ3) is 7.82. The molecule has 0 aliphatic carbocycles. The molecule has 0 spiro atoms. The molecule has 9 nitrogen and oxygen atoms in total. The van der Waals surface area contributed by atoms with Crippen molar-refractivity contribution in [2.75, 3.05) is 45.9 Å². The minimum atomic E-state index is -0.470. The number of piperidine rings is 1. The van der Waals surface area contributed by atoms with Crippen molar-refractivity contribution in [3.05, 3.63) is 101 Å². The largest absolute Gasteiger partial charge is 0.465 e. The maximum absolute atomic E-state index is 13.2. The molecule has 0 bridgehead atoms. The Morgan fingerprint density at radius 2 is 1.63 bits per heavy atom. The fourth-order valence-electron chi connectivity index (χ4n) is 5.71. The van der Waals surface area contributed by atoms with Crippen LogP contribution < -0.4 is 5.32 Å². The van der Waals surface area contributed by atoms with Gasteiger partial charge in [-0.2, -0.15) is 0 Å². The summed E-state index contributed by atoms with van der Waals surface area (Å²) in [6.07, 6.45) is 2.85. The molecule has 10 heteroatoms. The average Bonchev–Trinajstić information content (AvgIpc) is 3.04. The van der Waals surface area contributed by atoms with Crippen LogP contribution in [-0.2, 0) is 16.1 Å². The molecule has 0 saturated carbocycles. The average molecular weight is 588 g/mol. The Bertz CT molecular complexity index is 1370. The number of likely N-dealkylation sites (tertiary alicyclic amines) is 1. The van der Waals surface area contributed by atoms with Crippen LogP contribution in [0.5, 0.6) is 0 Å². The van der Waals surface area contributed by atoms with E-state index in [1.807, 2.05) is 30.3 Å². The molecule has 43 heavy (non-hydrogen) atoms. The Balaban J connectivity index is 1.09. The van der Waals surface area contributed by atoms with Crippen LogP contribution in [0, 0.1) is 5.82 Å². The highest BCUT2D eigenvalue weighted by Crippen LogP contribution is 2.26. The number of nitrogens with one attached hydrogen (secondary N) is 1.